The minimum Gasteiger partial charge on any atom is -0.452 e. The number of rotatable bonds is 0. The van der Waals surface area contributed by atoms with E-state index in [0.717, 1.165) is 131 Å². The van der Waals surface area contributed by atoms with Crippen molar-refractivity contribution in [3.8, 4) is 0 Å². The van der Waals surface area contributed by atoms with Crippen molar-refractivity contribution in [3.63, 3.8) is 0 Å². The van der Waals surface area contributed by atoms with Crippen LogP contribution in [-0.2, 0) is 0 Å². The summed E-state index contributed by atoms with van der Waals surface area (Å²) in [4.78, 5) is 62.5. The lowest BCUT2D eigenvalue weighted by Gasteiger charge is -1.91. The number of fused-ring (bicyclic) bond motifs is 21. The van der Waals surface area contributed by atoms with E-state index in [2.05, 4.69) is 130 Å². The quantitative estimate of drug-likeness (QED) is 0.138. The molecule has 14 aromatic heterocycles. The van der Waals surface area contributed by atoms with E-state index in [-0.39, 0.29) is 0 Å². The number of aryl methyl sites for hydroxylation is 7. The van der Waals surface area contributed by atoms with Gasteiger partial charge >= 0.3 is 0 Å². The molecule has 98 heavy (non-hydrogen) atoms. The average Bonchev–Trinajstić information content (AvgIpc) is 1.61. The van der Waals surface area contributed by atoms with Crippen LogP contribution in [0.1, 0.15) is 40.0 Å². The first kappa shape index (κ1) is 62.5. The predicted octanol–water partition coefficient (Wildman–Crippen LogP) is 20.7. The maximum atomic E-state index is 5.66. The number of nitrogens with zero attached hydrogens (tertiary/aromatic N) is 14. The van der Waals surface area contributed by atoms with Crippen LogP contribution >= 0.6 is 45.3 Å². The number of hydrogen-bond donors (Lipinski definition) is 0. The molecule has 0 amide bonds. The first-order chi connectivity index (χ1) is 47.9. The minimum absolute atomic E-state index is 0.608. The number of hydrogen-bond acceptors (Lipinski definition) is 21. The Morgan fingerprint density at radius 3 is 1.38 bits per heavy atom. The fraction of sp³-hybridized carbons (Fsp3) is 0.0909. The first-order valence-electron chi connectivity index (χ1n) is 31.2. The van der Waals surface area contributed by atoms with Crippen LogP contribution < -0.4 is 0 Å². The highest BCUT2D eigenvalue weighted by molar-refractivity contribution is 7.26. The third-order valence-electron chi connectivity index (χ3n) is 15.7. The van der Waals surface area contributed by atoms with Crippen molar-refractivity contribution in [2.45, 2.75) is 48.5 Å². The molecule has 0 saturated carbocycles. The predicted molar refractivity (Wildman–Crippen MR) is 401 cm³/mol. The molecule has 21 aromatic rings. The third-order valence-corrected chi connectivity index (χ3v) is 20.2. The molecule has 0 atom stereocenters. The van der Waals surface area contributed by atoms with Gasteiger partial charge in [-0.2, -0.15) is 0 Å². The zero-order chi connectivity index (χ0) is 66.8. The summed E-state index contributed by atoms with van der Waals surface area (Å²) in [6.45, 7) is 13.6. The van der Waals surface area contributed by atoms with Gasteiger partial charge in [-0.3, -0.25) is 4.98 Å². The number of benzene rings is 7. The van der Waals surface area contributed by atoms with Crippen molar-refractivity contribution in [1.29, 1.82) is 0 Å². The first-order valence-corrected chi connectivity index (χ1v) is 34.4. The monoisotopic (exact) mass is 1350 g/mol. The van der Waals surface area contributed by atoms with Gasteiger partial charge < -0.3 is 13.3 Å². The number of aromatic nitrogens is 14. The van der Waals surface area contributed by atoms with Crippen molar-refractivity contribution in [2.24, 2.45) is 0 Å². The van der Waals surface area contributed by atoms with Gasteiger partial charge in [-0.25, -0.2) is 64.8 Å². The Bertz CT molecular complexity index is 5960. The summed E-state index contributed by atoms with van der Waals surface area (Å²) in [5.74, 6) is 0.834. The van der Waals surface area contributed by atoms with E-state index < -0.39 is 0 Å². The van der Waals surface area contributed by atoms with Crippen LogP contribution in [0.5, 0.6) is 0 Å². The summed E-state index contributed by atoms with van der Waals surface area (Å²) < 4.78 is 24.2. The maximum Gasteiger partial charge on any atom is 0.246 e. The lowest BCUT2D eigenvalue weighted by molar-refractivity contribution is 0.651. The van der Waals surface area contributed by atoms with E-state index in [1.807, 2.05) is 176 Å². The van der Waals surface area contributed by atoms with E-state index in [9.17, 15) is 0 Å². The Labute approximate surface area is 574 Å². The summed E-state index contributed by atoms with van der Waals surface area (Å²) in [5.41, 5.74) is 17.0. The van der Waals surface area contributed by atoms with Crippen LogP contribution in [0.2, 0.25) is 0 Å². The van der Waals surface area contributed by atoms with Crippen LogP contribution in [0.3, 0.4) is 0 Å². The van der Waals surface area contributed by atoms with Crippen LogP contribution in [0.15, 0.2) is 227 Å². The molecule has 21 heteroatoms. The Morgan fingerprint density at radius 1 is 0.265 bits per heavy atom. The summed E-state index contributed by atoms with van der Waals surface area (Å²) in [5, 5.41) is 7.99. The summed E-state index contributed by atoms with van der Waals surface area (Å²) >= 11 is 6.91. The molecular formula is C77H56N14O3S4. The number of para-hydroxylation sites is 3. The fourth-order valence-electron chi connectivity index (χ4n) is 11.1. The van der Waals surface area contributed by atoms with Gasteiger partial charge in [0.25, 0.3) is 0 Å². The molecule has 0 saturated heterocycles. The third kappa shape index (κ3) is 12.8. The van der Waals surface area contributed by atoms with E-state index in [0.29, 0.717) is 11.4 Å². The number of furan rings is 3. The molecule has 476 valence electrons. The molecule has 0 fully saturated rings. The summed E-state index contributed by atoms with van der Waals surface area (Å²) in [6, 6.07) is 56.8. The van der Waals surface area contributed by atoms with Crippen molar-refractivity contribution in [2.75, 3.05) is 0 Å². The SMILES string of the molecule is Cc1cnc2c(n1)oc1ccccc12.Cc1cnc2c(n1)sc1ccccc12.Cc1cnc2oc3ccccc3c2n1.Cc1cnc2sc3ccccc3c2n1.Cc1ncc2sc3ccccc3c2n1.Cc1ncnc2c1oc1ccccc12.Cc1ncnc2c1sc1ccccc12. The molecule has 21 rings (SSSR count). The lowest BCUT2D eigenvalue weighted by atomic mass is 10.2. The summed E-state index contributed by atoms with van der Waals surface area (Å²) in [6.07, 6.45) is 12.2. The van der Waals surface area contributed by atoms with Crippen molar-refractivity contribution in [3.05, 3.63) is 253 Å². The molecule has 0 aliphatic rings. The molecule has 7 aromatic carbocycles. The minimum atomic E-state index is 0.608. The van der Waals surface area contributed by atoms with Gasteiger partial charge in [0.2, 0.25) is 11.4 Å². The Balaban J connectivity index is 0.0000000933. The Kier molecular flexibility index (Phi) is 17.4. The van der Waals surface area contributed by atoms with Crippen LogP contribution in [-0.4, -0.2) is 69.8 Å². The second kappa shape index (κ2) is 27.2. The van der Waals surface area contributed by atoms with Crippen molar-refractivity contribution in [1.82, 2.24) is 69.8 Å². The second-order valence-corrected chi connectivity index (χ2v) is 26.9. The molecule has 0 radical (unpaired) electrons. The Morgan fingerprint density at radius 2 is 0.714 bits per heavy atom. The fourth-order valence-corrected chi connectivity index (χ4v) is 15.3. The zero-order valence-corrected chi connectivity index (χ0v) is 57.1. The molecular weight excluding hydrogens is 1300 g/mol. The zero-order valence-electron chi connectivity index (χ0n) is 53.8. The topological polar surface area (TPSA) is 220 Å². The molecule has 0 aliphatic heterocycles. The van der Waals surface area contributed by atoms with Gasteiger partial charge in [-0.1, -0.05) is 109 Å². The maximum absolute atomic E-state index is 5.66. The largest absolute Gasteiger partial charge is 0.452 e. The lowest BCUT2D eigenvalue weighted by Crippen LogP contribution is -1.84. The molecule has 0 aliphatic carbocycles. The second-order valence-electron chi connectivity index (χ2n) is 22.8. The van der Waals surface area contributed by atoms with Gasteiger partial charge in [0.05, 0.1) is 60.8 Å². The van der Waals surface area contributed by atoms with Crippen LogP contribution in [0.25, 0.3) is 148 Å². The standard InChI is InChI=1S/3C11H8N2O.4C11H8N2S/c1-7-11-10(13-6-12-7)8-4-2-3-5-9(8)14-11;1-7-6-12-11-10(13-7)8-4-2-3-5-9(8)14-11;1-7-6-12-10-8-4-2-3-5-9(8)14-11(10)13-7;1-7-11-10(13-6-12-7)8-4-2-3-5-9(8)14-11;1-7-12-6-10-11(13-7)8-4-2-3-5-9(8)14-10;1-7-6-12-11-10(13-7)8-4-2-3-5-9(8)14-11;1-7-6-12-10-8-4-2-3-5-9(8)14-11(10)13-7/h7*2-6H,1H3. The van der Waals surface area contributed by atoms with Gasteiger partial charge in [0.1, 0.15) is 72.5 Å². The van der Waals surface area contributed by atoms with E-state index in [1.54, 1.807) is 70.4 Å². The van der Waals surface area contributed by atoms with E-state index >= 15 is 0 Å². The molecule has 0 bridgehead atoms. The molecule has 17 nitrogen and oxygen atoms in total. The van der Waals surface area contributed by atoms with E-state index in [4.69, 9.17) is 13.3 Å². The van der Waals surface area contributed by atoms with Crippen molar-refractivity contribution >= 4 is 193 Å². The van der Waals surface area contributed by atoms with Crippen LogP contribution in [0, 0.1) is 48.5 Å². The Hall–Kier alpha value is -11.6. The molecule has 0 spiro atoms. The highest BCUT2D eigenvalue weighted by atomic mass is 32.1. The highest BCUT2D eigenvalue weighted by Gasteiger charge is 2.14. The van der Waals surface area contributed by atoms with E-state index in [1.165, 1.54) is 45.0 Å². The smallest absolute Gasteiger partial charge is 0.246 e. The molecule has 0 N–H and O–H groups in total. The van der Waals surface area contributed by atoms with Gasteiger partial charge in [-0.05, 0) is 109 Å². The van der Waals surface area contributed by atoms with Gasteiger partial charge in [0, 0.05) is 81.3 Å². The number of thiophene rings is 4. The summed E-state index contributed by atoms with van der Waals surface area (Å²) in [7, 11) is 0. The normalized spacial score (nSPS) is 11.2. The van der Waals surface area contributed by atoms with Gasteiger partial charge in [-0.15, -0.1) is 45.3 Å². The molecule has 14 heterocycles. The average molecular weight is 1350 g/mol. The van der Waals surface area contributed by atoms with Gasteiger partial charge in [0.15, 0.2) is 5.58 Å². The molecule has 0 unspecified atom stereocenters. The van der Waals surface area contributed by atoms with Crippen molar-refractivity contribution < 1.29 is 13.3 Å². The van der Waals surface area contributed by atoms with Crippen LogP contribution in [0.4, 0.5) is 0 Å². The highest BCUT2D eigenvalue weighted by Crippen LogP contribution is 2.36.